The summed E-state index contributed by atoms with van der Waals surface area (Å²) in [7, 11) is 0. The SMILES string of the molecule is CC(=O)c1ccc2c(c1)C=CNO2. The second-order valence-corrected chi connectivity index (χ2v) is 2.86. The number of carbonyl (C=O) groups excluding carboxylic acids is 1. The molecule has 0 fully saturated rings. The van der Waals surface area contributed by atoms with Gasteiger partial charge < -0.3 is 4.84 Å². The Hall–Kier alpha value is -1.77. The predicted octanol–water partition coefficient (Wildman–Crippen LogP) is 1.76. The van der Waals surface area contributed by atoms with Gasteiger partial charge in [0.25, 0.3) is 0 Å². The van der Waals surface area contributed by atoms with Gasteiger partial charge in [0.2, 0.25) is 0 Å². The molecular formula is C10H9NO2. The van der Waals surface area contributed by atoms with E-state index in [0.29, 0.717) is 5.56 Å². The highest BCUT2D eigenvalue weighted by molar-refractivity contribution is 5.95. The predicted molar refractivity (Wildman–Crippen MR) is 49.2 cm³/mol. The normalized spacial score (nSPS) is 12.7. The van der Waals surface area contributed by atoms with E-state index in [1.54, 1.807) is 25.3 Å². The number of benzene rings is 1. The molecular weight excluding hydrogens is 166 g/mol. The number of Topliss-reactive ketones (excluding diaryl/α,β-unsaturated/α-hetero) is 1. The molecule has 3 heteroatoms. The van der Waals surface area contributed by atoms with Gasteiger partial charge in [-0.05, 0) is 31.2 Å². The second kappa shape index (κ2) is 2.94. The molecule has 1 heterocycles. The van der Waals surface area contributed by atoms with Gasteiger partial charge in [0.05, 0.1) is 0 Å². The number of carbonyl (C=O) groups is 1. The summed E-state index contributed by atoms with van der Waals surface area (Å²) < 4.78 is 0. The van der Waals surface area contributed by atoms with Crippen LogP contribution < -0.4 is 10.3 Å². The Kier molecular flexibility index (Phi) is 1.77. The Morgan fingerprint density at radius 2 is 2.31 bits per heavy atom. The first-order valence-corrected chi connectivity index (χ1v) is 4.01. The van der Waals surface area contributed by atoms with Gasteiger partial charge in [-0.25, -0.2) is 5.48 Å². The molecule has 13 heavy (non-hydrogen) atoms. The number of fused-ring (bicyclic) bond motifs is 1. The summed E-state index contributed by atoms with van der Waals surface area (Å²) in [5, 5.41) is 0. The van der Waals surface area contributed by atoms with Crippen molar-refractivity contribution in [2.45, 2.75) is 6.92 Å². The van der Waals surface area contributed by atoms with Crippen LogP contribution in [0.25, 0.3) is 6.08 Å². The molecule has 0 saturated carbocycles. The molecule has 1 N–H and O–H groups in total. The number of ketones is 1. The fourth-order valence-corrected chi connectivity index (χ4v) is 1.21. The molecule has 1 aliphatic heterocycles. The van der Waals surface area contributed by atoms with Crippen LogP contribution in [0, 0.1) is 0 Å². The summed E-state index contributed by atoms with van der Waals surface area (Å²) in [5.74, 6) is 0.808. The van der Waals surface area contributed by atoms with E-state index in [2.05, 4.69) is 5.48 Å². The summed E-state index contributed by atoms with van der Waals surface area (Å²) >= 11 is 0. The Balaban J connectivity index is 2.48. The summed E-state index contributed by atoms with van der Waals surface area (Å²) in [4.78, 5) is 16.2. The number of rotatable bonds is 1. The van der Waals surface area contributed by atoms with Gasteiger partial charge in [0.15, 0.2) is 11.5 Å². The quantitative estimate of drug-likeness (QED) is 0.661. The average Bonchev–Trinajstić information content (AvgIpc) is 2.17. The van der Waals surface area contributed by atoms with Crippen LogP contribution in [0.1, 0.15) is 22.8 Å². The summed E-state index contributed by atoms with van der Waals surface area (Å²) in [6.07, 6.45) is 3.55. The number of hydroxylamine groups is 1. The van der Waals surface area contributed by atoms with Gasteiger partial charge in [-0.2, -0.15) is 0 Å². The average molecular weight is 175 g/mol. The van der Waals surface area contributed by atoms with E-state index < -0.39 is 0 Å². The van der Waals surface area contributed by atoms with E-state index in [9.17, 15) is 4.79 Å². The first-order chi connectivity index (χ1) is 6.27. The van der Waals surface area contributed by atoms with Crippen molar-refractivity contribution in [3.05, 3.63) is 35.5 Å². The van der Waals surface area contributed by atoms with Gasteiger partial charge in [-0.3, -0.25) is 4.79 Å². The number of hydrogen-bond donors (Lipinski definition) is 1. The first kappa shape index (κ1) is 7.86. The highest BCUT2D eigenvalue weighted by atomic mass is 16.6. The van der Waals surface area contributed by atoms with Crippen LogP contribution >= 0.6 is 0 Å². The van der Waals surface area contributed by atoms with Gasteiger partial charge >= 0.3 is 0 Å². The van der Waals surface area contributed by atoms with Crippen LogP contribution in [0.3, 0.4) is 0 Å². The molecule has 0 atom stereocenters. The third-order valence-corrected chi connectivity index (χ3v) is 1.92. The lowest BCUT2D eigenvalue weighted by molar-refractivity contribution is 0.101. The molecule has 2 rings (SSSR count). The van der Waals surface area contributed by atoms with E-state index in [1.807, 2.05) is 12.1 Å². The zero-order chi connectivity index (χ0) is 9.26. The molecule has 1 aromatic carbocycles. The summed E-state index contributed by atoms with van der Waals surface area (Å²) in [6.45, 7) is 1.55. The highest BCUT2D eigenvalue weighted by Gasteiger charge is 2.07. The fraction of sp³-hybridized carbons (Fsp3) is 0.100. The van der Waals surface area contributed by atoms with Crippen LogP contribution in [0.5, 0.6) is 5.75 Å². The first-order valence-electron chi connectivity index (χ1n) is 4.01. The van der Waals surface area contributed by atoms with Crippen molar-refractivity contribution in [1.82, 2.24) is 5.48 Å². The third kappa shape index (κ3) is 1.40. The molecule has 1 aromatic rings. The Bertz CT molecular complexity index is 383. The summed E-state index contributed by atoms with van der Waals surface area (Å²) in [5.41, 5.74) is 4.25. The minimum atomic E-state index is 0.0646. The standard InChI is InChI=1S/C10H9NO2/c1-7(12)8-2-3-10-9(6-8)4-5-11-13-10/h2-6,11H,1H3. The van der Waals surface area contributed by atoms with Gasteiger partial charge in [-0.15, -0.1) is 0 Å². The molecule has 0 aliphatic carbocycles. The molecule has 1 aliphatic rings. The van der Waals surface area contributed by atoms with Gasteiger partial charge in [0.1, 0.15) is 0 Å². The molecule has 0 spiro atoms. The Morgan fingerprint density at radius 1 is 1.46 bits per heavy atom. The lowest BCUT2D eigenvalue weighted by Crippen LogP contribution is -2.14. The molecule has 0 amide bonds. The van der Waals surface area contributed by atoms with E-state index in [1.165, 1.54) is 0 Å². The summed E-state index contributed by atoms with van der Waals surface area (Å²) in [6, 6.07) is 5.35. The maximum atomic E-state index is 11.1. The van der Waals surface area contributed by atoms with Crippen molar-refractivity contribution < 1.29 is 9.63 Å². The third-order valence-electron chi connectivity index (χ3n) is 1.92. The molecule has 0 radical (unpaired) electrons. The van der Waals surface area contributed by atoms with Crippen molar-refractivity contribution in [3.8, 4) is 5.75 Å². The van der Waals surface area contributed by atoms with E-state index in [-0.39, 0.29) is 5.78 Å². The van der Waals surface area contributed by atoms with Crippen LogP contribution in [-0.2, 0) is 0 Å². The smallest absolute Gasteiger partial charge is 0.162 e. The minimum absolute atomic E-state index is 0.0646. The molecule has 66 valence electrons. The lowest BCUT2D eigenvalue weighted by Gasteiger charge is -2.12. The molecule has 0 bridgehead atoms. The van der Waals surface area contributed by atoms with E-state index >= 15 is 0 Å². The van der Waals surface area contributed by atoms with Crippen molar-refractivity contribution in [1.29, 1.82) is 0 Å². The minimum Gasteiger partial charge on any atom is -0.382 e. The molecule has 0 unspecified atom stereocenters. The maximum Gasteiger partial charge on any atom is 0.162 e. The fourth-order valence-electron chi connectivity index (χ4n) is 1.21. The Labute approximate surface area is 76.0 Å². The van der Waals surface area contributed by atoms with Crippen molar-refractivity contribution >= 4 is 11.9 Å². The zero-order valence-electron chi connectivity index (χ0n) is 7.20. The lowest BCUT2D eigenvalue weighted by atomic mass is 10.1. The topological polar surface area (TPSA) is 38.3 Å². The zero-order valence-corrected chi connectivity index (χ0v) is 7.20. The van der Waals surface area contributed by atoms with E-state index in [4.69, 9.17) is 4.84 Å². The van der Waals surface area contributed by atoms with Crippen LogP contribution in [-0.4, -0.2) is 5.78 Å². The van der Waals surface area contributed by atoms with Crippen molar-refractivity contribution in [3.63, 3.8) is 0 Å². The van der Waals surface area contributed by atoms with Gasteiger partial charge in [0, 0.05) is 17.3 Å². The highest BCUT2D eigenvalue weighted by Crippen LogP contribution is 2.23. The Morgan fingerprint density at radius 3 is 3.08 bits per heavy atom. The maximum absolute atomic E-state index is 11.1. The molecule has 0 saturated heterocycles. The van der Waals surface area contributed by atoms with Crippen molar-refractivity contribution in [2.75, 3.05) is 0 Å². The van der Waals surface area contributed by atoms with Crippen molar-refractivity contribution in [2.24, 2.45) is 0 Å². The van der Waals surface area contributed by atoms with E-state index in [0.717, 1.165) is 11.3 Å². The molecule has 3 nitrogen and oxygen atoms in total. The number of nitrogens with one attached hydrogen (secondary N) is 1. The van der Waals surface area contributed by atoms with Gasteiger partial charge in [-0.1, -0.05) is 0 Å². The number of hydrogen-bond acceptors (Lipinski definition) is 3. The van der Waals surface area contributed by atoms with Crippen LogP contribution in [0.2, 0.25) is 0 Å². The molecule has 0 aromatic heterocycles. The van der Waals surface area contributed by atoms with Crippen LogP contribution in [0.4, 0.5) is 0 Å². The second-order valence-electron chi connectivity index (χ2n) is 2.86. The van der Waals surface area contributed by atoms with Crippen LogP contribution in [0.15, 0.2) is 24.4 Å². The monoisotopic (exact) mass is 175 g/mol. The largest absolute Gasteiger partial charge is 0.382 e.